The molecule has 1 unspecified atom stereocenters. The van der Waals surface area contributed by atoms with Crippen LogP contribution in [0.5, 0.6) is 5.75 Å². The molecule has 0 aliphatic rings. The van der Waals surface area contributed by atoms with E-state index in [0.717, 1.165) is 0 Å². The Bertz CT molecular complexity index is 1800. The number of pyridine rings is 1. The normalized spacial score (nSPS) is 12.4. The Morgan fingerprint density at radius 2 is 1.78 bits per heavy atom. The number of rotatable bonds is 16. The highest BCUT2D eigenvalue weighted by molar-refractivity contribution is 7.53. The van der Waals surface area contributed by atoms with Gasteiger partial charge in [0.25, 0.3) is 5.91 Å². The number of aromatic nitrogens is 5. The van der Waals surface area contributed by atoms with Crippen molar-refractivity contribution in [2.75, 3.05) is 44.6 Å². The van der Waals surface area contributed by atoms with E-state index < -0.39 is 31.1 Å². The second-order valence-electron chi connectivity index (χ2n) is 10.8. The van der Waals surface area contributed by atoms with Gasteiger partial charge in [-0.1, -0.05) is 13.0 Å². The number of ether oxygens (including phenoxy) is 1. The topological polar surface area (TPSA) is 175 Å². The third kappa shape index (κ3) is 9.53. The molecule has 1 atom stereocenters. The Labute approximate surface area is 281 Å². The largest absolute Gasteiger partial charge is 0.495 e. The molecule has 1 amide bonds. The predicted molar refractivity (Wildman–Crippen MR) is 176 cm³/mol. The molecule has 3 aromatic heterocycles. The van der Waals surface area contributed by atoms with Crippen molar-refractivity contribution in [2.45, 2.75) is 39.7 Å². The molecule has 18 heteroatoms. The molecule has 0 bridgehead atoms. The summed E-state index contributed by atoms with van der Waals surface area (Å²) in [5.41, 5.74) is 0.376. The molecule has 49 heavy (non-hydrogen) atoms. The minimum atomic E-state index is -4.85. The number of alkyl halides is 3. The van der Waals surface area contributed by atoms with Crippen LogP contribution in [0.15, 0.2) is 48.9 Å². The fourth-order valence-corrected chi connectivity index (χ4v) is 6.35. The summed E-state index contributed by atoms with van der Waals surface area (Å²) in [5, 5.41) is 21.5. The maximum Gasteiger partial charge on any atom is 0.421 e. The van der Waals surface area contributed by atoms with Crippen LogP contribution >= 0.6 is 7.60 Å². The molecule has 0 aliphatic carbocycles. The second-order valence-corrected chi connectivity index (χ2v) is 12.8. The lowest BCUT2D eigenvalue weighted by Gasteiger charge is -2.19. The molecule has 4 aromatic rings. The van der Waals surface area contributed by atoms with Gasteiger partial charge < -0.3 is 34.8 Å². The van der Waals surface area contributed by atoms with E-state index in [1.54, 1.807) is 42.9 Å². The number of anilines is 4. The van der Waals surface area contributed by atoms with Gasteiger partial charge in [0.1, 0.15) is 17.1 Å². The van der Waals surface area contributed by atoms with E-state index in [0.29, 0.717) is 35.2 Å². The van der Waals surface area contributed by atoms with E-state index in [4.69, 9.17) is 13.8 Å². The van der Waals surface area contributed by atoms with Crippen LogP contribution in [-0.2, 0) is 32.5 Å². The van der Waals surface area contributed by atoms with E-state index in [1.165, 1.54) is 32.5 Å². The first-order chi connectivity index (χ1) is 23.3. The van der Waals surface area contributed by atoms with Gasteiger partial charge in [-0.25, -0.2) is 9.97 Å². The summed E-state index contributed by atoms with van der Waals surface area (Å²) in [5.74, 6) is -1.29. The van der Waals surface area contributed by atoms with Gasteiger partial charge >= 0.3 is 13.8 Å². The van der Waals surface area contributed by atoms with Crippen LogP contribution < -0.4 is 20.7 Å². The number of carbonyl (C=O) groups excluding carboxylic acids is 1. The van der Waals surface area contributed by atoms with E-state index in [9.17, 15) is 27.6 Å². The first-order valence-corrected chi connectivity index (χ1v) is 17.0. The molecule has 0 saturated heterocycles. The van der Waals surface area contributed by atoms with Crippen LogP contribution in [0.2, 0.25) is 0 Å². The minimum Gasteiger partial charge on any atom is -0.495 e. The van der Waals surface area contributed by atoms with Crippen molar-refractivity contribution in [3.63, 3.8) is 0 Å². The zero-order valence-corrected chi connectivity index (χ0v) is 28.4. The Balaban J connectivity index is 1.66. The Hall–Kier alpha value is -4.57. The molecule has 0 aliphatic heterocycles. The van der Waals surface area contributed by atoms with E-state index in [1.807, 2.05) is 6.92 Å². The zero-order valence-electron chi connectivity index (χ0n) is 27.5. The first-order valence-electron chi connectivity index (χ1n) is 15.2. The van der Waals surface area contributed by atoms with Gasteiger partial charge in [0.05, 0.1) is 49.8 Å². The van der Waals surface area contributed by atoms with Gasteiger partial charge in [-0.15, -0.1) is 0 Å². The van der Waals surface area contributed by atoms with Crippen molar-refractivity contribution in [1.29, 1.82) is 0 Å². The number of halogens is 3. The monoisotopic (exact) mass is 706 g/mol. The molecule has 0 spiro atoms. The van der Waals surface area contributed by atoms with E-state index in [2.05, 4.69) is 36.0 Å². The highest BCUT2D eigenvalue weighted by Gasteiger charge is 2.36. The number of benzene rings is 1. The smallest absolute Gasteiger partial charge is 0.421 e. The van der Waals surface area contributed by atoms with E-state index >= 15 is 0 Å². The number of aliphatic hydroxyl groups excluding tert-OH is 1. The fourth-order valence-electron chi connectivity index (χ4n) is 4.66. The third-order valence-electron chi connectivity index (χ3n) is 6.96. The van der Waals surface area contributed by atoms with Crippen LogP contribution in [0.3, 0.4) is 0 Å². The third-order valence-corrected chi connectivity index (χ3v) is 9.02. The van der Waals surface area contributed by atoms with Gasteiger partial charge in [-0.3, -0.25) is 14.0 Å². The lowest BCUT2D eigenvalue weighted by molar-refractivity contribution is -0.137. The highest BCUT2D eigenvalue weighted by Crippen LogP contribution is 2.51. The van der Waals surface area contributed by atoms with Crippen molar-refractivity contribution < 1.29 is 41.4 Å². The van der Waals surface area contributed by atoms with Gasteiger partial charge in [-0.05, 0) is 49.6 Å². The molecule has 264 valence electrons. The Morgan fingerprint density at radius 3 is 2.41 bits per heavy atom. The lowest BCUT2D eigenvalue weighted by atomic mass is 10.1. The molecular weight excluding hydrogens is 668 g/mol. The lowest BCUT2D eigenvalue weighted by Crippen LogP contribution is -2.21. The fraction of sp³-hybridized carbons (Fsp3) is 0.387. The number of nitrogens with zero attached hydrogens (tertiary/aromatic N) is 5. The summed E-state index contributed by atoms with van der Waals surface area (Å²) in [6.45, 7) is 6.07. The SMILES string of the molecule is CCOP(=O)(Cc1ccc(Nc2ncc(C(F)(F)F)c(Nc3ccc(-c4cnn(CC(C)CO)c4)nc3C(=O)NC)n2)c(OC)c1)OCC. The van der Waals surface area contributed by atoms with Crippen LogP contribution in [0.25, 0.3) is 11.3 Å². The molecule has 14 nitrogen and oxygen atoms in total. The predicted octanol–water partition coefficient (Wildman–Crippen LogP) is 6.00. The second kappa shape index (κ2) is 16.2. The maximum atomic E-state index is 14.1. The molecule has 1 aromatic carbocycles. The van der Waals surface area contributed by atoms with Gasteiger partial charge in [0.15, 0.2) is 5.69 Å². The molecule has 3 heterocycles. The number of carbonyl (C=O) groups is 1. The average molecular weight is 707 g/mol. The first kappa shape index (κ1) is 37.3. The summed E-state index contributed by atoms with van der Waals surface area (Å²) < 4.78 is 73.2. The number of methoxy groups -OCH3 is 1. The van der Waals surface area contributed by atoms with Gasteiger partial charge in [0, 0.05) is 38.2 Å². The molecule has 4 N–H and O–H groups in total. The minimum absolute atomic E-state index is 0.0251. The van der Waals surface area contributed by atoms with Crippen LogP contribution in [0.1, 0.15) is 42.4 Å². The summed E-state index contributed by atoms with van der Waals surface area (Å²) in [4.78, 5) is 25.2. The molecule has 0 fully saturated rings. The van der Waals surface area contributed by atoms with Crippen molar-refractivity contribution in [3.05, 3.63) is 65.7 Å². The van der Waals surface area contributed by atoms with Crippen molar-refractivity contribution in [1.82, 2.24) is 30.0 Å². The number of hydrogen-bond donors (Lipinski definition) is 4. The average Bonchev–Trinajstić information content (AvgIpc) is 3.53. The number of nitrogens with one attached hydrogen (secondary N) is 3. The molecular formula is C31H38F3N8O6P. The van der Waals surface area contributed by atoms with Crippen molar-refractivity contribution >= 4 is 36.6 Å². The Morgan fingerprint density at radius 1 is 1.06 bits per heavy atom. The highest BCUT2D eigenvalue weighted by atomic mass is 31.2. The summed E-state index contributed by atoms with van der Waals surface area (Å²) >= 11 is 0. The number of amides is 1. The summed E-state index contributed by atoms with van der Waals surface area (Å²) in [6, 6.07) is 7.75. The Kier molecular flexibility index (Phi) is 12.3. The van der Waals surface area contributed by atoms with Crippen molar-refractivity contribution in [3.8, 4) is 17.0 Å². The van der Waals surface area contributed by atoms with Crippen LogP contribution in [-0.4, -0.2) is 69.7 Å². The van der Waals surface area contributed by atoms with Crippen LogP contribution in [0, 0.1) is 5.92 Å². The molecule has 4 rings (SSSR count). The molecule has 0 saturated carbocycles. The van der Waals surface area contributed by atoms with Crippen molar-refractivity contribution in [2.24, 2.45) is 5.92 Å². The maximum absolute atomic E-state index is 14.1. The van der Waals surface area contributed by atoms with Gasteiger partial charge in [0.2, 0.25) is 5.95 Å². The number of aliphatic hydroxyl groups is 1. The summed E-state index contributed by atoms with van der Waals surface area (Å²) in [7, 11) is -0.651. The standard InChI is InChI=1S/C31H38F3N8O6P/c1-6-47-49(45,48-7-2)18-20-8-9-24(26(12-20)46-5)40-30-36-14-22(31(32,33)34)28(41-30)39-25-11-10-23(38-27(25)29(44)35-4)21-13-37-42(16-21)15-19(3)17-43/h8-14,16,19,43H,6-7,15,17-18H2,1-5H3,(H,35,44)(H2,36,39,40,41). The van der Waals surface area contributed by atoms with E-state index in [-0.39, 0.29) is 55.0 Å². The molecule has 0 radical (unpaired) electrons. The zero-order chi connectivity index (χ0) is 35.8. The summed E-state index contributed by atoms with van der Waals surface area (Å²) in [6.07, 6.45) is -1.04. The van der Waals surface area contributed by atoms with Gasteiger partial charge in [-0.2, -0.15) is 23.3 Å². The van der Waals surface area contributed by atoms with Crippen LogP contribution in [0.4, 0.5) is 36.3 Å². The number of hydrogen-bond acceptors (Lipinski definition) is 12. The quantitative estimate of drug-likeness (QED) is 0.100.